The summed E-state index contributed by atoms with van der Waals surface area (Å²) in [5.41, 5.74) is 6.97. The van der Waals surface area contributed by atoms with E-state index >= 15 is 0 Å². The Hall–Kier alpha value is -0.870. The lowest BCUT2D eigenvalue weighted by molar-refractivity contribution is 0.287. The largest absolute Gasteiger partial charge is 0.336 e. The molecule has 0 aliphatic heterocycles. The SMILES string of the molecule is Cn1cncc1C(CN)NCCC1CCC1. The van der Waals surface area contributed by atoms with Crippen LogP contribution in [0.5, 0.6) is 0 Å². The van der Waals surface area contributed by atoms with Gasteiger partial charge >= 0.3 is 0 Å². The van der Waals surface area contributed by atoms with Crippen molar-refractivity contribution in [3.8, 4) is 0 Å². The highest BCUT2D eigenvalue weighted by Gasteiger charge is 2.18. The minimum absolute atomic E-state index is 0.243. The highest BCUT2D eigenvalue weighted by atomic mass is 15.1. The lowest BCUT2D eigenvalue weighted by Crippen LogP contribution is -2.31. The molecular formula is C12H22N4. The van der Waals surface area contributed by atoms with E-state index in [1.807, 2.05) is 24.1 Å². The number of imidazole rings is 1. The predicted molar refractivity (Wildman–Crippen MR) is 65.0 cm³/mol. The molecule has 1 fully saturated rings. The molecule has 1 atom stereocenters. The van der Waals surface area contributed by atoms with E-state index in [2.05, 4.69) is 10.3 Å². The third-order valence-electron chi connectivity index (χ3n) is 3.61. The summed E-state index contributed by atoms with van der Waals surface area (Å²) in [5, 5.41) is 3.53. The van der Waals surface area contributed by atoms with Gasteiger partial charge in [0.15, 0.2) is 0 Å². The molecule has 1 heterocycles. The maximum Gasteiger partial charge on any atom is 0.0946 e. The number of nitrogens with two attached hydrogens (primary N) is 1. The van der Waals surface area contributed by atoms with Crippen molar-refractivity contribution in [3.63, 3.8) is 0 Å². The Kier molecular flexibility index (Phi) is 3.96. The molecule has 1 aliphatic rings. The van der Waals surface area contributed by atoms with Gasteiger partial charge in [0.05, 0.1) is 18.1 Å². The second-order valence-electron chi connectivity index (χ2n) is 4.76. The first-order chi connectivity index (χ1) is 7.81. The zero-order valence-corrected chi connectivity index (χ0v) is 10.0. The van der Waals surface area contributed by atoms with Crippen LogP contribution in [0, 0.1) is 5.92 Å². The molecule has 0 saturated heterocycles. The summed E-state index contributed by atoms with van der Waals surface area (Å²) < 4.78 is 2.04. The monoisotopic (exact) mass is 222 g/mol. The van der Waals surface area contributed by atoms with E-state index in [1.165, 1.54) is 31.4 Å². The van der Waals surface area contributed by atoms with E-state index in [0.717, 1.165) is 12.5 Å². The van der Waals surface area contributed by atoms with Gasteiger partial charge in [0.2, 0.25) is 0 Å². The molecule has 0 spiro atoms. The molecule has 0 aromatic carbocycles. The summed E-state index contributed by atoms with van der Waals surface area (Å²) in [5.74, 6) is 0.956. The lowest BCUT2D eigenvalue weighted by Gasteiger charge is -2.26. The van der Waals surface area contributed by atoms with Crippen LogP contribution in [-0.2, 0) is 7.05 Å². The van der Waals surface area contributed by atoms with Crippen molar-refractivity contribution < 1.29 is 0 Å². The van der Waals surface area contributed by atoms with Crippen LogP contribution in [0.3, 0.4) is 0 Å². The summed E-state index contributed by atoms with van der Waals surface area (Å²) in [7, 11) is 2.01. The average molecular weight is 222 g/mol. The molecule has 1 aromatic heterocycles. The topological polar surface area (TPSA) is 55.9 Å². The van der Waals surface area contributed by atoms with Crippen LogP contribution >= 0.6 is 0 Å². The normalized spacial score (nSPS) is 18.4. The number of aryl methyl sites for hydroxylation is 1. The Morgan fingerprint density at radius 2 is 2.44 bits per heavy atom. The zero-order valence-electron chi connectivity index (χ0n) is 10.0. The Labute approximate surface area is 97.2 Å². The average Bonchev–Trinajstić information content (AvgIpc) is 2.62. The fourth-order valence-corrected chi connectivity index (χ4v) is 2.26. The summed E-state index contributed by atoms with van der Waals surface area (Å²) in [4.78, 5) is 4.13. The molecule has 1 unspecified atom stereocenters. The smallest absolute Gasteiger partial charge is 0.0946 e. The third kappa shape index (κ3) is 2.62. The molecule has 4 heteroatoms. The minimum atomic E-state index is 0.243. The number of rotatable bonds is 6. The van der Waals surface area contributed by atoms with Crippen LogP contribution in [0.4, 0.5) is 0 Å². The molecule has 0 amide bonds. The zero-order chi connectivity index (χ0) is 11.4. The Bertz CT molecular complexity index is 317. The van der Waals surface area contributed by atoms with Gasteiger partial charge in [-0.25, -0.2) is 4.98 Å². The van der Waals surface area contributed by atoms with Gasteiger partial charge < -0.3 is 15.6 Å². The van der Waals surface area contributed by atoms with Gasteiger partial charge in [-0.2, -0.15) is 0 Å². The summed E-state index contributed by atoms with van der Waals surface area (Å²) in [6.07, 6.45) is 9.27. The van der Waals surface area contributed by atoms with Gasteiger partial charge in [-0.3, -0.25) is 0 Å². The number of hydrogen-bond donors (Lipinski definition) is 2. The molecule has 3 N–H and O–H groups in total. The Morgan fingerprint density at radius 1 is 1.62 bits per heavy atom. The van der Waals surface area contributed by atoms with Gasteiger partial charge in [0.25, 0.3) is 0 Å². The van der Waals surface area contributed by atoms with Crippen LogP contribution in [0.1, 0.15) is 37.4 Å². The van der Waals surface area contributed by atoms with E-state index in [1.54, 1.807) is 0 Å². The number of nitrogens with one attached hydrogen (secondary N) is 1. The van der Waals surface area contributed by atoms with Crippen molar-refractivity contribution in [3.05, 3.63) is 18.2 Å². The second-order valence-corrected chi connectivity index (χ2v) is 4.76. The van der Waals surface area contributed by atoms with Crippen LogP contribution in [-0.4, -0.2) is 22.6 Å². The van der Waals surface area contributed by atoms with Crippen molar-refractivity contribution in [2.75, 3.05) is 13.1 Å². The van der Waals surface area contributed by atoms with E-state index in [-0.39, 0.29) is 6.04 Å². The van der Waals surface area contributed by atoms with Gasteiger partial charge in [-0.1, -0.05) is 19.3 Å². The molecule has 16 heavy (non-hydrogen) atoms. The van der Waals surface area contributed by atoms with Crippen molar-refractivity contribution in [2.45, 2.75) is 31.7 Å². The highest BCUT2D eigenvalue weighted by Crippen LogP contribution is 2.28. The van der Waals surface area contributed by atoms with Gasteiger partial charge in [0.1, 0.15) is 0 Å². The second kappa shape index (κ2) is 5.46. The van der Waals surface area contributed by atoms with Crippen molar-refractivity contribution in [1.82, 2.24) is 14.9 Å². The Balaban J connectivity index is 1.78. The lowest BCUT2D eigenvalue weighted by atomic mass is 9.83. The maximum atomic E-state index is 5.79. The van der Waals surface area contributed by atoms with Crippen molar-refractivity contribution in [1.29, 1.82) is 0 Å². The standard InChI is InChI=1S/C12H22N4/c1-16-9-14-8-12(16)11(7-13)15-6-5-10-3-2-4-10/h8-11,15H,2-7,13H2,1H3. The number of nitrogens with zero attached hydrogens (tertiary/aromatic N) is 2. The van der Waals surface area contributed by atoms with Crippen LogP contribution in [0.2, 0.25) is 0 Å². The van der Waals surface area contributed by atoms with Crippen LogP contribution in [0.15, 0.2) is 12.5 Å². The number of hydrogen-bond acceptors (Lipinski definition) is 3. The van der Waals surface area contributed by atoms with Gasteiger partial charge in [-0.05, 0) is 18.9 Å². The molecule has 1 saturated carbocycles. The molecule has 4 nitrogen and oxygen atoms in total. The first-order valence-electron chi connectivity index (χ1n) is 6.21. The maximum absolute atomic E-state index is 5.79. The number of aromatic nitrogens is 2. The van der Waals surface area contributed by atoms with Crippen molar-refractivity contribution >= 4 is 0 Å². The van der Waals surface area contributed by atoms with E-state index in [4.69, 9.17) is 5.73 Å². The van der Waals surface area contributed by atoms with Crippen molar-refractivity contribution in [2.24, 2.45) is 18.7 Å². The van der Waals surface area contributed by atoms with Gasteiger partial charge in [-0.15, -0.1) is 0 Å². The molecule has 0 bridgehead atoms. The van der Waals surface area contributed by atoms with E-state index in [9.17, 15) is 0 Å². The summed E-state index contributed by atoms with van der Waals surface area (Å²) in [6, 6.07) is 0.243. The molecule has 1 aliphatic carbocycles. The summed E-state index contributed by atoms with van der Waals surface area (Å²) >= 11 is 0. The van der Waals surface area contributed by atoms with Crippen LogP contribution in [0.25, 0.3) is 0 Å². The first kappa shape index (κ1) is 11.6. The van der Waals surface area contributed by atoms with E-state index < -0.39 is 0 Å². The van der Waals surface area contributed by atoms with Crippen LogP contribution < -0.4 is 11.1 Å². The molecular weight excluding hydrogens is 200 g/mol. The molecule has 2 rings (SSSR count). The van der Waals surface area contributed by atoms with Gasteiger partial charge in [0, 0.05) is 19.8 Å². The minimum Gasteiger partial charge on any atom is -0.336 e. The summed E-state index contributed by atoms with van der Waals surface area (Å²) in [6.45, 7) is 1.70. The quantitative estimate of drug-likeness (QED) is 0.760. The predicted octanol–water partition coefficient (Wildman–Crippen LogP) is 1.20. The fraction of sp³-hybridized carbons (Fsp3) is 0.750. The fourth-order valence-electron chi connectivity index (χ4n) is 2.26. The Morgan fingerprint density at radius 3 is 2.94 bits per heavy atom. The molecule has 1 aromatic rings. The molecule has 0 radical (unpaired) electrons. The third-order valence-corrected chi connectivity index (χ3v) is 3.61. The highest BCUT2D eigenvalue weighted by molar-refractivity contribution is 5.05. The van der Waals surface area contributed by atoms with E-state index in [0.29, 0.717) is 6.54 Å². The molecule has 90 valence electrons. The first-order valence-corrected chi connectivity index (χ1v) is 6.21.